The number of hydrogen-bond acceptors (Lipinski definition) is 2. The molecule has 1 rings (SSSR count). The molecule has 0 aliphatic heterocycles. The first-order chi connectivity index (χ1) is 8.14. The predicted molar refractivity (Wildman–Crippen MR) is 50.4 cm³/mol. The fourth-order valence-electron chi connectivity index (χ4n) is 1.34. The number of benzene rings is 1. The van der Waals surface area contributed by atoms with E-state index in [1.807, 2.05) is 0 Å². The van der Waals surface area contributed by atoms with E-state index in [0.717, 1.165) is 0 Å². The summed E-state index contributed by atoms with van der Waals surface area (Å²) in [4.78, 5) is 10.5. The maximum atomic E-state index is 13.3. The predicted octanol–water partition coefficient (Wildman–Crippen LogP) is 1.40. The largest absolute Gasteiger partial charge is 0.374 e. The summed E-state index contributed by atoms with van der Waals surface area (Å²) in [5.41, 5.74) is -0.811. The van der Waals surface area contributed by atoms with Gasteiger partial charge in [-0.05, 0) is 17.7 Å². The van der Waals surface area contributed by atoms with Gasteiger partial charge in [-0.15, -0.1) is 0 Å². The van der Waals surface area contributed by atoms with Crippen LogP contribution in [0.25, 0.3) is 0 Å². The molecule has 1 amide bonds. The summed E-state index contributed by atoms with van der Waals surface area (Å²) in [7, 11) is 0. The number of carbonyl (C=O) groups excluding carboxylic acids is 1. The van der Waals surface area contributed by atoms with Crippen LogP contribution in [0, 0.1) is 5.82 Å². The third-order valence-electron chi connectivity index (χ3n) is 2.39. The summed E-state index contributed by atoms with van der Waals surface area (Å²) in [6.45, 7) is 0. The lowest BCUT2D eigenvalue weighted by Crippen LogP contribution is -2.57. The van der Waals surface area contributed by atoms with Crippen LogP contribution in [0.5, 0.6) is 0 Å². The lowest BCUT2D eigenvalue weighted by Gasteiger charge is -2.33. The molecule has 18 heavy (non-hydrogen) atoms. The molecule has 0 heterocycles. The highest BCUT2D eigenvalue weighted by Crippen LogP contribution is 2.42. The number of hydrogen-bond donors (Lipinski definition) is 2. The minimum atomic E-state index is -4.90. The number of aliphatic hydroxyl groups is 1. The highest BCUT2D eigenvalue weighted by molar-refractivity contribution is 5.83. The Balaban J connectivity index is 3.41. The Morgan fingerprint density at radius 1 is 1.22 bits per heavy atom. The number of rotatable bonds is 4. The van der Waals surface area contributed by atoms with E-state index >= 15 is 0 Å². The van der Waals surface area contributed by atoms with Crippen LogP contribution < -0.4 is 5.73 Å². The van der Waals surface area contributed by atoms with E-state index in [9.17, 15) is 31.9 Å². The van der Waals surface area contributed by atoms with Gasteiger partial charge in [0.15, 0.2) is 0 Å². The van der Waals surface area contributed by atoms with E-state index in [0.29, 0.717) is 24.3 Å². The third-order valence-corrected chi connectivity index (χ3v) is 2.39. The summed E-state index contributed by atoms with van der Waals surface area (Å²) < 4.78 is 64.6. The van der Waals surface area contributed by atoms with Crippen LogP contribution in [0.2, 0.25) is 0 Å². The Morgan fingerprint density at radius 2 is 1.67 bits per heavy atom. The average Bonchev–Trinajstić information content (AvgIpc) is 2.28. The maximum Gasteiger partial charge on any atom is 0.361 e. The van der Waals surface area contributed by atoms with E-state index in [4.69, 9.17) is 0 Å². The van der Waals surface area contributed by atoms with Gasteiger partial charge in [-0.25, -0.2) is 13.2 Å². The fraction of sp³-hybridized carbons (Fsp3) is 0.300. The van der Waals surface area contributed by atoms with Gasteiger partial charge in [0.05, 0.1) is 0 Å². The molecule has 0 radical (unpaired) electrons. The van der Waals surface area contributed by atoms with Crippen LogP contribution in [-0.2, 0) is 10.4 Å². The average molecular weight is 269 g/mol. The summed E-state index contributed by atoms with van der Waals surface area (Å²) in [5, 5.41) is 9.43. The lowest BCUT2D eigenvalue weighted by atomic mass is 9.87. The van der Waals surface area contributed by atoms with Crippen molar-refractivity contribution in [2.24, 2.45) is 5.73 Å². The highest BCUT2D eigenvalue weighted by Gasteiger charge is 2.64. The molecule has 0 saturated carbocycles. The van der Waals surface area contributed by atoms with Gasteiger partial charge < -0.3 is 10.8 Å². The van der Waals surface area contributed by atoms with Crippen molar-refractivity contribution in [3.8, 4) is 0 Å². The number of primary amides is 1. The zero-order valence-corrected chi connectivity index (χ0v) is 8.71. The Bertz CT molecular complexity index is 448. The van der Waals surface area contributed by atoms with Gasteiger partial charge in [0.2, 0.25) is 5.60 Å². The van der Waals surface area contributed by atoms with Crippen molar-refractivity contribution in [2.75, 3.05) is 0 Å². The first-order valence-corrected chi connectivity index (χ1v) is 4.58. The van der Waals surface area contributed by atoms with Gasteiger partial charge in [-0.1, -0.05) is 12.1 Å². The molecule has 1 aromatic rings. The minimum absolute atomic E-state index is 0.526. The van der Waals surface area contributed by atoms with Gasteiger partial charge in [0.25, 0.3) is 12.3 Å². The first-order valence-electron chi connectivity index (χ1n) is 4.58. The Kier molecular flexibility index (Phi) is 3.61. The second-order valence-corrected chi connectivity index (χ2v) is 3.51. The van der Waals surface area contributed by atoms with Crippen molar-refractivity contribution in [1.82, 2.24) is 0 Å². The summed E-state index contributed by atoms with van der Waals surface area (Å²) in [6, 6.07) is 2.25. The molecule has 0 aliphatic carbocycles. The molecule has 0 aliphatic rings. The van der Waals surface area contributed by atoms with Crippen molar-refractivity contribution >= 4 is 5.91 Å². The zero-order valence-electron chi connectivity index (χ0n) is 8.71. The molecule has 0 saturated heterocycles. The monoisotopic (exact) mass is 269 g/mol. The molecular formula is C10H8F5NO2. The van der Waals surface area contributed by atoms with Crippen molar-refractivity contribution in [3.63, 3.8) is 0 Å². The van der Waals surface area contributed by atoms with Crippen LogP contribution in [-0.4, -0.2) is 23.4 Å². The summed E-state index contributed by atoms with van der Waals surface area (Å²) in [5.74, 6) is -8.19. The molecule has 0 spiro atoms. The van der Waals surface area contributed by atoms with Gasteiger partial charge >= 0.3 is 5.92 Å². The minimum Gasteiger partial charge on any atom is -0.374 e. The molecule has 1 unspecified atom stereocenters. The van der Waals surface area contributed by atoms with Crippen LogP contribution in [0.4, 0.5) is 22.0 Å². The molecule has 1 atom stereocenters. The normalized spacial score (nSPS) is 15.5. The smallest absolute Gasteiger partial charge is 0.361 e. The van der Waals surface area contributed by atoms with Crippen LogP contribution in [0.1, 0.15) is 5.56 Å². The SMILES string of the molecule is NC(=O)C(F)(F)C(O)(c1ccc(F)cc1)C(F)F. The van der Waals surface area contributed by atoms with E-state index in [-0.39, 0.29) is 0 Å². The quantitative estimate of drug-likeness (QED) is 0.811. The zero-order chi connectivity index (χ0) is 14.1. The molecule has 1 aromatic carbocycles. The van der Waals surface area contributed by atoms with Crippen LogP contribution in [0.3, 0.4) is 0 Å². The van der Waals surface area contributed by atoms with Crippen molar-refractivity contribution in [1.29, 1.82) is 0 Å². The van der Waals surface area contributed by atoms with E-state index < -0.39 is 35.2 Å². The third kappa shape index (κ3) is 2.03. The maximum absolute atomic E-state index is 13.3. The highest BCUT2D eigenvalue weighted by atomic mass is 19.3. The standard InChI is InChI=1S/C10H8F5NO2/c11-6-3-1-5(2-4-6)9(18,7(12)13)10(14,15)8(16)17/h1-4,7,18H,(H2,16,17). The van der Waals surface area contributed by atoms with E-state index in [1.165, 1.54) is 0 Å². The number of halogens is 5. The Hall–Kier alpha value is -1.70. The molecule has 8 heteroatoms. The lowest BCUT2D eigenvalue weighted by molar-refractivity contribution is -0.236. The molecule has 100 valence electrons. The topological polar surface area (TPSA) is 63.3 Å². The van der Waals surface area contributed by atoms with E-state index in [1.54, 1.807) is 0 Å². The Morgan fingerprint density at radius 3 is 2.00 bits per heavy atom. The molecule has 0 bridgehead atoms. The van der Waals surface area contributed by atoms with Gasteiger partial charge in [-0.3, -0.25) is 4.79 Å². The molecule has 3 N–H and O–H groups in total. The second-order valence-electron chi connectivity index (χ2n) is 3.51. The number of nitrogens with two attached hydrogens (primary N) is 1. The number of carbonyl (C=O) groups is 1. The number of alkyl halides is 4. The van der Waals surface area contributed by atoms with Crippen molar-refractivity contribution < 1.29 is 31.9 Å². The van der Waals surface area contributed by atoms with Gasteiger partial charge in [-0.2, -0.15) is 8.78 Å². The molecular weight excluding hydrogens is 261 g/mol. The number of amides is 1. The van der Waals surface area contributed by atoms with Crippen LogP contribution >= 0.6 is 0 Å². The Labute approximate surface area is 98.0 Å². The molecule has 0 aromatic heterocycles. The summed E-state index contributed by atoms with van der Waals surface area (Å²) in [6.07, 6.45) is -3.99. The fourth-order valence-corrected chi connectivity index (χ4v) is 1.34. The van der Waals surface area contributed by atoms with Gasteiger partial charge in [0, 0.05) is 0 Å². The molecule has 0 fully saturated rings. The summed E-state index contributed by atoms with van der Waals surface area (Å²) >= 11 is 0. The van der Waals surface area contributed by atoms with Crippen molar-refractivity contribution in [2.45, 2.75) is 17.9 Å². The van der Waals surface area contributed by atoms with E-state index in [2.05, 4.69) is 5.73 Å². The van der Waals surface area contributed by atoms with Crippen LogP contribution in [0.15, 0.2) is 24.3 Å². The second kappa shape index (κ2) is 4.52. The van der Waals surface area contributed by atoms with Gasteiger partial charge in [0.1, 0.15) is 5.82 Å². The first kappa shape index (κ1) is 14.4. The van der Waals surface area contributed by atoms with Crippen molar-refractivity contribution in [3.05, 3.63) is 35.6 Å². The molecule has 3 nitrogen and oxygen atoms in total.